The molecule has 2 aliphatic rings. The summed E-state index contributed by atoms with van der Waals surface area (Å²) in [5.74, 6) is 0.750. The van der Waals surface area contributed by atoms with Crippen LogP contribution in [-0.2, 0) is 0 Å². The molecule has 1 amide bonds. The Bertz CT molecular complexity index is 806. The van der Waals surface area contributed by atoms with Crippen LogP contribution < -0.4 is 10.2 Å². The van der Waals surface area contributed by atoms with Crippen molar-refractivity contribution in [3.05, 3.63) is 47.7 Å². The van der Waals surface area contributed by atoms with Crippen LogP contribution >= 0.6 is 0 Å². The van der Waals surface area contributed by atoms with E-state index in [0.717, 1.165) is 18.9 Å². The van der Waals surface area contributed by atoms with Crippen molar-refractivity contribution in [2.45, 2.75) is 51.5 Å². The van der Waals surface area contributed by atoms with Gasteiger partial charge in [-0.3, -0.25) is 4.79 Å². The van der Waals surface area contributed by atoms with E-state index in [1.54, 1.807) is 6.07 Å². The topological polar surface area (TPSA) is 61.4 Å². The lowest BCUT2D eigenvalue weighted by Crippen LogP contribution is -2.49. The van der Waals surface area contributed by atoms with Crippen LogP contribution in [0.25, 0.3) is 0 Å². The SMILES string of the molecule is Cc1cccc(N2CCN(C(=O)c3ccc(NC4CCCCCC4)nn3)CC2)c1. The molecule has 2 aromatic rings. The Labute approximate surface area is 173 Å². The summed E-state index contributed by atoms with van der Waals surface area (Å²) in [5.41, 5.74) is 2.92. The number of carbonyl (C=O) groups excluding carboxylic acids is 1. The number of nitrogens with zero attached hydrogens (tertiary/aromatic N) is 4. The van der Waals surface area contributed by atoms with Gasteiger partial charge in [0.05, 0.1) is 0 Å². The molecule has 2 fully saturated rings. The maximum absolute atomic E-state index is 12.8. The Hall–Kier alpha value is -2.63. The zero-order valence-electron chi connectivity index (χ0n) is 17.3. The maximum atomic E-state index is 12.8. The third kappa shape index (κ3) is 5.05. The highest BCUT2D eigenvalue weighted by Crippen LogP contribution is 2.21. The van der Waals surface area contributed by atoms with Gasteiger partial charge in [-0.25, -0.2) is 0 Å². The van der Waals surface area contributed by atoms with E-state index in [9.17, 15) is 4.79 Å². The van der Waals surface area contributed by atoms with Crippen LogP contribution in [0.3, 0.4) is 0 Å². The zero-order valence-corrected chi connectivity index (χ0v) is 17.3. The van der Waals surface area contributed by atoms with Gasteiger partial charge in [-0.2, -0.15) is 0 Å². The van der Waals surface area contributed by atoms with E-state index in [4.69, 9.17) is 0 Å². The van der Waals surface area contributed by atoms with E-state index in [1.165, 1.54) is 49.8 Å². The number of carbonyl (C=O) groups is 1. The molecule has 2 heterocycles. The van der Waals surface area contributed by atoms with Crippen LogP contribution in [0, 0.1) is 6.92 Å². The van der Waals surface area contributed by atoms with E-state index in [2.05, 4.69) is 51.6 Å². The molecule has 1 aliphatic heterocycles. The second-order valence-corrected chi connectivity index (χ2v) is 8.25. The van der Waals surface area contributed by atoms with E-state index >= 15 is 0 Å². The molecule has 1 saturated heterocycles. The van der Waals surface area contributed by atoms with Crippen molar-refractivity contribution in [3.8, 4) is 0 Å². The fraction of sp³-hybridized carbons (Fsp3) is 0.522. The minimum Gasteiger partial charge on any atom is -0.368 e. The van der Waals surface area contributed by atoms with Gasteiger partial charge < -0.3 is 15.1 Å². The molecule has 0 bridgehead atoms. The first-order valence-electron chi connectivity index (χ1n) is 10.9. The molecule has 1 aliphatic carbocycles. The highest BCUT2D eigenvalue weighted by Gasteiger charge is 2.23. The van der Waals surface area contributed by atoms with Gasteiger partial charge >= 0.3 is 0 Å². The lowest BCUT2D eigenvalue weighted by atomic mass is 10.1. The van der Waals surface area contributed by atoms with Crippen LogP contribution in [0.4, 0.5) is 11.5 Å². The van der Waals surface area contributed by atoms with E-state index in [0.29, 0.717) is 24.8 Å². The Balaban J connectivity index is 1.31. The second-order valence-electron chi connectivity index (χ2n) is 8.25. The fourth-order valence-electron chi connectivity index (χ4n) is 4.31. The molecule has 1 aromatic heterocycles. The summed E-state index contributed by atoms with van der Waals surface area (Å²) < 4.78 is 0. The molecule has 1 saturated carbocycles. The van der Waals surface area contributed by atoms with E-state index in [-0.39, 0.29) is 5.91 Å². The summed E-state index contributed by atoms with van der Waals surface area (Å²) in [7, 11) is 0. The molecule has 29 heavy (non-hydrogen) atoms. The first kappa shape index (κ1) is 19.7. The van der Waals surface area contributed by atoms with E-state index in [1.807, 2.05) is 11.0 Å². The van der Waals surface area contributed by atoms with Crippen LogP contribution in [0.15, 0.2) is 36.4 Å². The molecule has 154 valence electrons. The standard InChI is InChI=1S/C23H31N5O/c1-18-7-6-10-20(17-18)27-13-15-28(16-14-27)23(29)21-11-12-22(26-25-21)24-19-8-4-2-3-5-9-19/h6-7,10-12,17,19H,2-5,8-9,13-16H2,1H3,(H,24,26). The predicted molar refractivity (Wildman–Crippen MR) is 116 cm³/mol. The molecule has 4 rings (SSSR count). The normalized spacial score (nSPS) is 18.4. The number of aryl methyl sites for hydroxylation is 1. The van der Waals surface area contributed by atoms with Crippen molar-refractivity contribution in [1.82, 2.24) is 15.1 Å². The van der Waals surface area contributed by atoms with Gasteiger partial charge in [0.15, 0.2) is 5.69 Å². The molecule has 0 radical (unpaired) electrons. The van der Waals surface area contributed by atoms with Crippen LogP contribution in [0.2, 0.25) is 0 Å². The van der Waals surface area contributed by atoms with Crippen molar-refractivity contribution in [3.63, 3.8) is 0 Å². The van der Waals surface area contributed by atoms with Crippen molar-refractivity contribution in [2.75, 3.05) is 36.4 Å². The third-order valence-corrected chi connectivity index (χ3v) is 6.02. The Morgan fingerprint density at radius 3 is 2.38 bits per heavy atom. The van der Waals surface area contributed by atoms with Gasteiger partial charge in [0.1, 0.15) is 5.82 Å². The fourth-order valence-corrected chi connectivity index (χ4v) is 4.31. The van der Waals surface area contributed by atoms with Crippen LogP contribution in [0.5, 0.6) is 0 Å². The predicted octanol–water partition coefficient (Wildman–Crippen LogP) is 3.88. The number of hydrogen-bond acceptors (Lipinski definition) is 5. The van der Waals surface area contributed by atoms with Crippen molar-refractivity contribution in [2.24, 2.45) is 0 Å². The monoisotopic (exact) mass is 393 g/mol. The molecule has 0 atom stereocenters. The summed E-state index contributed by atoms with van der Waals surface area (Å²) in [6.07, 6.45) is 7.58. The van der Waals surface area contributed by atoms with Gasteiger partial charge in [-0.1, -0.05) is 37.8 Å². The van der Waals surface area contributed by atoms with Gasteiger partial charge in [0.25, 0.3) is 5.91 Å². The summed E-state index contributed by atoms with van der Waals surface area (Å²) in [4.78, 5) is 17.0. The number of piperazine rings is 1. The lowest BCUT2D eigenvalue weighted by molar-refractivity contribution is 0.0739. The number of amides is 1. The third-order valence-electron chi connectivity index (χ3n) is 6.02. The van der Waals surface area contributed by atoms with Gasteiger partial charge in [-0.05, 0) is 49.6 Å². The Morgan fingerprint density at radius 2 is 1.72 bits per heavy atom. The summed E-state index contributed by atoms with van der Waals surface area (Å²) in [6, 6.07) is 12.7. The molecule has 0 unspecified atom stereocenters. The quantitative estimate of drug-likeness (QED) is 0.799. The maximum Gasteiger partial charge on any atom is 0.274 e. The first-order valence-corrected chi connectivity index (χ1v) is 10.9. The number of hydrogen-bond donors (Lipinski definition) is 1. The van der Waals surface area contributed by atoms with Crippen molar-refractivity contribution in [1.29, 1.82) is 0 Å². The van der Waals surface area contributed by atoms with Crippen LogP contribution in [0.1, 0.15) is 54.6 Å². The molecule has 1 aromatic carbocycles. The zero-order chi connectivity index (χ0) is 20.1. The molecular weight excluding hydrogens is 362 g/mol. The molecule has 0 spiro atoms. The largest absolute Gasteiger partial charge is 0.368 e. The molecule has 6 heteroatoms. The van der Waals surface area contributed by atoms with Gasteiger partial charge in [0.2, 0.25) is 0 Å². The van der Waals surface area contributed by atoms with E-state index < -0.39 is 0 Å². The number of nitrogens with one attached hydrogen (secondary N) is 1. The summed E-state index contributed by atoms with van der Waals surface area (Å²) >= 11 is 0. The second kappa shape index (κ2) is 9.25. The average molecular weight is 394 g/mol. The van der Waals surface area contributed by atoms with Crippen molar-refractivity contribution < 1.29 is 4.79 Å². The van der Waals surface area contributed by atoms with Gasteiger partial charge in [0, 0.05) is 37.9 Å². The lowest BCUT2D eigenvalue weighted by Gasteiger charge is -2.36. The number of rotatable bonds is 4. The number of aromatic nitrogens is 2. The minimum absolute atomic E-state index is 0.0255. The summed E-state index contributed by atoms with van der Waals surface area (Å²) in [5, 5.41) is 12.0. The van der Waals surface area contributed by atoms with Crippen LogP contribution in [-0.4, -0.2) is 53.2 Å². The van der Waals surface area contributed by atoms with Gasteiger partial charge in [-0.15, -0.1) is 10.2 Å². The summed E-state index contributed by atoms with van der Waals surface area (Å²) in [6.45, 7) is 5.19. The average Bonchev–Trinajstić information content (AvgIpc) is 3.03. The highest BCUT2D eigenvalue weighted by atomic mass is 16.2. The Kier molecular flexibility index (Phi) is 6.27. The molecule has 1 N–H and O–H groups in total. The molecule has 6 nitrogen and oxygen atoms in total. The number of benzene rings is 1. The highest BCUT2D eigenvalue weighted by molar-refractivity contribution is 5.92. The Morgan fingerprint density at radius 1 is 0.966 bits per heavy atom. The number of anilines is 2. The van der Waals surface area contributed by atoms with Crippen molar-refractivity contribution >= 4 is 17.4 Å². The minimum atomic E-state index is -0.0255. The molecular formula is C23H31N5O. The smallest absolute Gasteiger partial charge is 0.274 e. The first-order chi connectivity index (χ1) is 14.2.